The van der Waals surface area contributed by atoms with Crippen LogP contribution in [0.5, 0.6) is 0 Å². The Morgan fingerprint density at radius 1 is 1.04 bits per heavy atom. The van der Waals surface area contributed by atoms with Crippen LogP contribution in [0.15, 0.2) is 0 Å². The number of hydrogen-bond acceptors (Lipinski definition) is 11. The van der Waals surface area contributed by atoms with Crippen LogP contribution in [0.25, 0.3) is 0 Å². The maximum atomic E-state index is 11.5. The summed E-state index contributed by atoms with van der Waals surface area (Å²) in [5.74, 6) is -1.29. The standard InChI is InChI=1S/C15H22O11/c16-10(3-20-9-21-5-11-6-22-11)4-23-13(17)1-2-14(18)24-7-12-8-25-15(19)26-12/h10-12,16H,1-9H2. The van der Waals surface area contributed by atoms with Crippen LogP contribution in [-0.2, 0) is 42.7 Å². The Labute approximate surface area is 149 Å². The summed E-state index contributed by atoms with van der Waals surface area (Å²) in [6.45, 7) is 0.722. The normalized spacial score (nSPS) is 22.3. The molecule has 0 amide bonds. The van der Waals surface area contributed by atoms with Crippen molar-refractivity contribution in [2.45, 2.75) is 31.2 Å². The van der Waals surface area contributed by atoms with Gasteiger partial charge in [0.25, 0.3) is 0 Å². The van der Waals surface area contributed by atoms with Gasteiger partial charge in [0.15, 0.2) is 6.10 Å². The molecular weight excluding hydrogens is 356 g/mol. The van der Waals surface area contributed by atoms with Gasteiger partial charge in [-0.15, -0.1) is 0 Å². The van der Waals surface area contributed by atoms with Gasteiger partial charge in [-0.2, -0.15) is 0 Å². The van der Waals surface area contributed by atoms with Gasteiger partial charge in [0.05, 0.1) is 32.7 Å². The fraction of sp³-hybridized carbons (Fsp3) is 0.800. The van der Waals surface area contributed by atoms with Crippen molar-refractivity contribution in [3.63, 3.8) is 0 Å². The molecular formula is C15H22O11. The predicted molar refractivity (Wildman–Crippen MR) is 79.9 cm³/mol. The fourth-order valence-corrected chi connectivity index (χ4v) is 1.81. The largest absolute Gasteiger partial charge is 0.508 e. The number of aliphatic hydroxyl groups excluding tert-OH is 1. The maximum Gasteiger partial charge on any atom is 0.508 e. The van der Waals surface area contributed by atoms with Crippen LogP contribution in [0.4, 0.5) is 4.79 Å². The molecule has 2 fully saturated rings. The van der Waals surface area contributed by atoms with Gasteiger partial charge in [-0.25, -0.2) is 4.79 Å². The van der Waals surface area contributed by atoms with E-state index in [-0.39, 0.29) is 52.2 Å². The zero-order chi connectivity index (χ0) is 18.8. The van der Waals surface area contributed by atoms with Crippen molar-refractivity contribution in [3.05, 3.63) is 0 Å². The smallest absolute Gasteiger partial charge is 0.463 e. The van der Waals surface area contributed by atoms with Crippen molar-refractivity contribution in [1.29, 1.82) is 0 Å². The Kier molecular flexibility index (Phi) is 8.54. The third-order valence-corrected chi connectivity index (χ3v) is 3.23. The molecule has 0 spiro atoms. The van der Waals surface area contributed by atoms with E-state index in [0.29, 0.717) is 13.2 Å². The van der Waals surface area contributed by atoms with Crippen molar-refractivity contribution in [2.75, 3.05) is 46.4 Å². The van der Waals surface area contributed by atoms with E-state index in [4.69, 9.17) is 23.7 Å². The third kappa shape index (κ3) is 8.94. The molecule has 2 rings (SSSR count). The summed E-state index contributed by atoms with van der Waals surface area (Å²) in [6, 6.07) is 0. The highest BCUT2D eigenvalue weighted by molar-refractivity contribution is 5.77. The molecule has 0 saturated carbocycles. The van der Waals surface area contributed by atoms with Gasteiger partial charge in [-0.1, -0.05) is 0 Å². The Balaban J connectivity index is 1.41. The summed E-state index contributed by atoms with van der Waals surface area (Å²) in [4.78, 5) is 33.7. The molecule has 0 aliphatic carbocycles. The zero-order valence-corrected chi connectivity index (χ0v) is 14.1. The summed E-state index contributed by atoms with van der Waals surface area (Å²) in [5, 5.41) is 9.60. The first-order valence-electron chi connectivity index (χ1n) is 8.12. The van der Waals surface area contributed by atoms with Gasteiger partial charge in [0.2, 0.25) is 0 Å². The van der Waals surface area contributed by atoms with E-state index in [2.05, 4.69) is 9.47 Å². The van der Waals surface area contributed by atoms with Crippen LogP contribution < -0.4 is 0 Å². The van der Waals surface area contributed by atoms with E-state index >= 15 is 0 Å². The number of epoxide rings is 1. The quantitative estimate of drug-likeness (QED) is 0.141. The topological polar surface area (TPSA) is 139 Å². The van der Waals surface area contributed by atoms with Gasteiger partial charge in [0, 0.05) is 0 Å². The lowest BCUT2D eigenvalue weighted by Crippen LogP contribution is -2.25. The Morgan fingerprint density at radius 3 is 2.42 bits per heavy atom. The number of carbonyl (C=O) groups is 3. The number of cyclic esters (lactones) is 2. The summed E-state index contributed by atoms with van der Waals surface area (Å²) in [7, 11) is 0. The van der Waals surface area contributed by atoms with Crippen LogP contribution in [0.2, 0.25) is 0 Å². The highest BCUT2D eigenvalue weighted by Gasteiger charge is 2.26. The van der Waals surface area contributed by atoms with Crippen molar-refractivity contribution >= 4 is 18.1 Å². The Bertz CT molecular complexity index is 476. The first-order chi connectivity index (χ1) is 12.5. The van der Waals surface area contributed by atoms with E-state index in [1.54, 1.807) is 0 Å². The molecule has 26 heavy (non-hydrogen) atoms. The molecule has 0 bridgehead atoms. The lowest BCUT2D eigenvalue weighted by atomic mass is 10.3. The number of rotatable bonds is 13. The molecule has 2 saturated heterocycles. The SMILES string of the molecule is O=C(CCC(=O)OCC1COC(=O)O1)OCC(O)COCOCC1CO1. The lowest BCUT2D eigenvalue weighted by molar-refractivity contribution is -0.154. The van der Waals surface area contributed by atoms with Gasteiger partial charge in [-0.05, 0) is 0 Å². The van der Waals surface area contributed by atoms with Crippen LogP contribution in [-0.4, -0.2) is 87.9 Å². The lowest BCUT2D eigenvalue weighted by Gasteiger charge is -2.12. The Hall–Kier alpha value is -1.95. The molecule has 11 heteroatoms. The summed E-state index contributed by atoms with van der Waals surface area (Å²) >= 11 is 0. The van der Waals surface area contributed by atoms with Crippen molar-refractivity contribution in [1.82, 2.24) is 0 Å². The first kappa shape index (κ1) is 20.4. The number of hydrogen-bond donors (Lipinski definition) is 1. The number of aliphatic hydroxyl groups is 1. The average molecular weight is 378 g/mol. The van der Waals surface area contributed by atoms with E-state index in [9.17, 15) is 19.5 Å². The molecule has 0 aromatic heterocycles. The van der Waals surface area contributed by atoms with Gasteiger partial charge in [-0.3, -0.25) is 9.59 Å². The molecule has 0 aromatic carbocycles. The van der Waals surface area contributed by atoms with Crippen molar-refractivity contribution in [2.24, 2.45) is 0 Å². The van der Waals surface area contributed by atoms with Crippen LogP contribution in [0.3, 0.4) is 0 Å². The summed E-state index contributed by atoms with van der Waals surface area (Å²) in [5.41, 5.74) is 0. The molecule has 148 valence electrons. The molecule has 0 radical (unpaired) electrons. The van der Waals surface area contributed by atoms with Crippen LogP contribution in [0.1, 0.15) is 12.8 Å². The second-order valence-corrected chi connectivity index (χ2v) is 5.64. The maximum absolute atomic E-state index is 11.5. The van der Waals surface area contributed by atoms with Gasteiger partial charge in [0.1, 0.15) is 38.8 Å². The minimum atomic E-state index is -0.997. The molecule has 2 aliphatic heterocycles. The molecule has 2 aliphatic rings. The first-order valence-corrected chi connectivity index (χ1v) is 8.12. The highest BCUT2D eigenvalue weighted by Crippen LogP contribution is 2.08. The number of carbonyl (C=O) groups excluding carboxylic acids is 3. The summed E-state index contributed by atoms with van der Waals surface area (Å²) in [6.07, 6.45) is -2.68. The predicted octanol–water partition coefficient (Wildman–Crippen LogP) is -0.861. The van der Waals surface area contributed by atoms with Gasteiger partial charge < -0.3 is 38.3 Å². The summed E-state index contributed by atoms with van der Waals surface area (Å²) < 4.78 is 34.0. The Morgan fingerprint density at radius 2 is 1.77 bits per heavy atom. The van der Waals surface area contributed by atoms with E-state index in [1.165, 1.54) is 0 Å². The molecule has 1 N–H and O–H groups in total. The average Bonchev–Trinajstić information content (AvgIpc) is 3.35. The second-order valence-electron chi connectivity index (χ2n) is 5.64. The molecule has 11 nitrogen and oxygen atoms in total. The highest BCUT2D eigenvalue weighted by atomic mass is 16.8. The van der Waals surface area contributed by atoms with Crippen molar-refractivity contribution < 1.29 is 52.6 Å². The second kappa shape index (κ2) is 10.9. The van der Waals surface area contributed by atoms with Gasteiger partial charge >= 0.3 is 18.1 Å². The van der Waals surface area contributed by atoms with E-state index in [1.807, 2.05) is 0 Å². The molecule has 2 heterocycles. The van der Waals surface area contributed by atoms with Crippen LogP contribution >= 0.6 is 0 Å². The third-order valence-electron chi connectivity index (χ3n) is 3.23. The molecule has 0 aromatic rings. The van der Waals surface area contributed by atoms with Crippen molar-refractivity contribution in [3.8, 4) is 0 Å². The van der Waals surface area contributed by atoms with Crippen LogP contribution in [0, 0.1) is 0 Å². The minimum absolute atomic E-state index is 0.0120. The van der Waals surface area contributed by atoms with E-state index in [0.717, 1.165) is 0 Å². The molecule has 3 unspecified atom stereocenters. The number of ether oxygens (including phenoxy) is 7. The zero-order valence-electron chi connectivity index (χ0n) is 14.1. The minimum Gasteiger partial charge on any atom is -0.463 e. The molecule has 3 atom stereocenters. The van der Waals surface area contributed by atoms with E-state index < -0.39 is 30.3 Å². The fourth-order valence-electron chi connectivity index (χ4n) is 1.81. The monoisotopic (exact) mass is 378 g/mol. The number of esters is 2.